The van der Waals surface area contributed by atoms with Crippen molar-refractivity contribution < 1.29 is 14.2 Å². The maximum absolute atomic E-state index is 13.6. The van der Waals surface area contributed by atoms with Gasteiger partial charge in [-0.05, 0) is 50.6 Å². The van der Waals surface area contributed by atoms with E-state index in [2.05, 4.69) is 4.98 Å². The van der Waals surface area contributed by atoms with Crippen molar-refractivity contribution >= 4 is 10.9 Å². The molecule has 24 heavy (non-hydrogen) atoms. The monoisotopic (exact) mass is 325 g/mol. The summed E-state index contributed by atoms with van der Waals surface area (Å²) in [5, 5.41) is 10.2. The van der Waals surface area contributed by atoms with Gasteiger partial charge in [-0.15, -0.1) is 0 Å². The van der Waals surface area contributed by atoms with Gasteiger partial charge >= 0.3 is 0 Å². The first-order valence-electron chi connectivity index (χ1n) is 7.85. The Morgan fingerprint density at radius 2 is 1.88 bits per heavy atom. The Bertz CT molecular complexity index is 884. The highest BCUT2D eigenvalue weighted by atomic mass is 19.1. The summed E-state index contributed by atoms with van der Waals surface area (Å²) in [5.74, 6) is 0.382. The number of aliphatic hydroxyl groups is 1. The van der Waals surface area contributed by atoms with Gasteiger partial charge in [-0.25, -0.2) is 9.37 Å². The molecule has 1 aromatic heterocycles. The van der Waals surface area contributed by atoms with Crippen LogP contribution < -0.4 is 4.74 Å². The molecule has 0 unspecified atom stereocenters. The van der Waals surface area contributed by atoms with E-state index in [-0.39, 0.29) is 18.0 Å². The van der Waals surface area contributed by atoms with E-state index in [4.69, 9.17) is 4.74 Å². The number of halogens is 1. The van der Waals surface area contributed by atoms with Crippen LogP contribution in [-0.4, -0.2) is 15.7 Å². The smallest absolute Gasteiger partial charge is 0.131 e. The van der Waals surface area contributed by atoms with Gasteiger partial charge in [-0.2, -0.15) is 0 Å². The third-order valence-electron chi connectivity index (χ3n) is 3.56. The first-order valence-corrected chi connectivity index (χ1v) is 7.85. The Morgan fingerprint density at radius 3 is 2.54 bits per heavy atom. The van der Waals surface area contributed by atoms with Crippen molar-refractivity contribution in [3.63, 3.8) is 0 Å². The van der Waals surface area contributed by atoms with Crippen LogP contribution in [0.2, 0.25) is 0 Å². The number of pyridine rings is 1. The summed E-state index contributed by atoms with van der Waals surface area (Å²) >= 11 is 0. The SMILES string of the molecule is CC(C)(C)Oc1cc(-c2cccc(F)c2)nc2cc(CO)ccc12. The Balaban J connectivity index is 2.23. The first kappa shape index (κ1) is 16.4. The number of rotatable bonds is 3. The predicted molar refractivity (Wildman–Crippen MR) is 93.4 cm³/mol. The predicted octanol–water partition coefficient (Wildman–Crippen LogP) is 4.71. The van der Waals surface area contributed by atoms with Crippen LogP contribution in [0.1, 0.15) is 26.3 Å². The number of aromatic nitrogens is 1. The molecule has 3 rings (SSSR count). The summed E-state index contributed by atoms with van der Waals surface area (Å²) in [7, 11) is 0. The van der Waals surface area contributed by atoms with E-state index in [9.17, 15) is 9.50 Å². The van der Waals surface area contributed by atoms with Crippen LogP contribution in [0, 0.1) is 5.82 Å². The maximum Gasteiger partial charge on any atom is 0.131 e. The standard InChI is InChI=1S/C20H20FNO2/c1-20(2,3)24-19-11-17(14-5-4-6-15(21)10-14)22-18-9-13(12-23)7-8-16(18)19/h4-11,23H,12H2,1-3H3. The van der Waals surface area contributed by atoms with E-state index in [0.717, 1.165) is 10.9 Å². The normalized spacial score (nSPS) is 11.7. The number of nitrogens with zero attached hydrogens (tertiary/aromatic N) is 1. The molecule has 0 aliphatic rings. The average molecular weight is 325 g/mol. The van der Waals surface area contributed by atoms with Crippen LogP contribution in [-0.2, 0) is 6.61 Å². The molecule has 4 heteroatoms. The molecule has 0 atom stereocenters. The van der Waals surface area contributed by atoms with Crippen LogP contribution >= 0.6 is 0 Å². The molecule has 0 saturated heterocycles. The van der Waals surface area contributed by atoms with Gasteiger partial charge in [-0.1, -0.05) is 18.2 Å². The molecule has 1 heterocycles. The second-order valence-electron chi connectivity index (χ2n) is 6.74. The molecule has 0 spiro atoms. The summed E-state index contributed by atoms with van der Waals surface area (Å²) in [6.07, 6.45) is 0. The number of hydrogen-bond donors (Lipinski definition) is 1. The van der Waals surface area contributed by atoms with E-state index >= 15 is 0 Å². The van der Waals surface area contributed by atoms with Crippen molar-refractivity contribution in [1.82, 2.24) is 4.98 Å². The molecule has 0 amide bonds. The van der Waals surface area contributed by atoms with Gasteiger partial charge in [0.05, 0.1) is 17.8 Å². The molecule has 0 bridgehead atoms. The maximum atomic E-state index is 13.6. The minimum absolute atomic E-state index is 0.0583. The molecular weight excluding hydrogens is 305 g/mol. The van der Waals surface area contributed by atoms with Crippen molar-refractivity contribution in [3.05, 3.63) is 59.9 Å². The second kappa shape index (κ2) is 6.21. The number of fused-ring (bicyclic) bond motifs is 1. The summed E-state index contributed by atoms with van der Waals surface area (Å²) in [6, 6.07) is 13.7. The first-order chi connectivity index (χ1) is 11.4. The molecular formula is C20H20FNO2. The zero-order chi connectivity index (χ0) is 17.3. The van der Waals surface area contributed by atoms with Crippen LogP contribution in [0.5, 0.6) is 5.75 Å². The lowest BCUT2D eigenvalue weighted by atomic mass is 10.1. The summed E-state index contributed by atoms with van der Waals surface area (Å²) in [4.78, 5) is 4.63. The minimum Gasteiger partial charge on any atom is -0.487 e. The lowest BCUT2D eigenvalue weighted by molar-refractivity contribution is 0.133. The van der Waals surface area contributed by atoms with Gasteiger partial charge in [-0.3, -0.25) is 0 Å². The van der Waals surface area contributed by atoms with Crippen molar-refractivity contribution in [1.29, 1.82) is 0 Å². The third-order valence-corrected chi connectivity index (χ3v) is 3.56. The van der Waals surface area contributed by atoms with Crippen molar-refractivity contribution in [3.8, 4) is 17.0 Å². The molecule has 2 aromatic carbocycles. The Morgan fingerprint density at radius 1 is 1.08 bits per heavy atom. The lowest BCUT2D eigenvalue weighted by Crippen LogP contribution is -2.23. The van der Waals surface area contributed by atoms with Crippen molar-refractivity contribution in [2.45, 2.75) is 33.0 Å². The van der Waals surface area contributed by atoms with Crippen LogP contribution in [0.15, 0.2) is 48.5 Å². The zero-order valence-electron chi connectivity index (χ0n) is 14.0. The molecule has 3 aromatic rings. The van der Waals surface area contributed by atoms with Gasteiger partial charge < -0.3 is 9.84 Å². The lowest BCUT2D eigenvalue weighted by Gasteiger charge is -2.23. The van der Waals surface area contributed by atoms with Crippen LogP contribution in [0.25, 0.3) is 22.2 Å². The Labute approximate surface area is 140 Å². The molecule has 0 aliphatic heterocycles. The fraction of sp³-hybridized carbons (Fsp3) is 0.250. The second-order valence-corrected chi connectivity index (χ2v) is 6.74. The van der Waals surface area contributed by atoms with E-state index < -0.39 is 0 Å². The number of aliphatic hydroxyl groups excluding tert-OH is 1. The van der Waals surface area contributed by atoms with Crippen LogP contribution in [0.4, 0.5) is 4.39 Å². The minimum atomic E-state index is -0.372. The highest BCUT2D eigenvalue weighted by molar-refractivity contribution is 5.88. The Kier molecular flexibility index (Phi) is 4.24. The molecule has 124 valence electrons. The largest absolute Gasteiger partial charge is 0.487 e. The highest BCUT2D eigenvalue weighted by Gasteiger charge is 2.16. The van der Waals surface area contributed by atoms with Gasteiger partial charge in [0.1, 0.15) is 17.2 Å². The quantitative estimate of drug-likeness (QED) is 0.758. The molecule has 0 fully saturated rings. The van der Waals surface area contributed by atoms with Gasteiger partial charge in [0.2, 0.25) is 0 Å². The summed E-state index contributed by atoms with van der Waals surface area (Å²) < 4.78 is 19.6. The molecule has 1 N–H and O–H groups in total. The molecule has 3 nitrogen and oxygen atoms in total. The van der Waals surface area contributed by atoms with Crippen molar-refractivity contribution in [2.75, 3.05) is 0 Å². The van der Waals surface area contributed by atoms with Gasteiger partial charge in [0.15, 0.2) is 0 Å². The fourth-order valence-electron chi connectivity index (χ4n) is 2.55. The Hall–Kier alpha value is -2.46. The van der Waals surface area contributed by atoms with E-state index in [1.54, 1.807) is 6.07 Å². The number of benzene rings is 2. The van der Waals surface area contributed by atoms with Gasteiger partial charge in [0.25, 0.3) is 0 Å². The fourth-order valence-corrected chi connectivity index (χ4v) is 2.55. The molecule has 0 saturated carbocycles. The third kappa shape index (κ3) is 3.54. The number of hydrogen-bond acceptors (Lipinski definition) is 3. The molecule has 0 aliphatic carbocycles. The number of ether oxygens (including phenoxy) is 1. The van der Waals surface area contributed by atoms with Crippen LogP contribution in [0.3, 0.4) is 0 Å². The van der Waals surface area contributed by atoms with E-state index in [1.807, 2.05) is 51.1 Å². The average Bonchev–Trinajstić information content (AvgIpc) is 2.52. The van der Waals surface area contributed by atoms with Crippen molar-refractivity contribution in [2.24, 2.45) is 0 Å². The summed E-state index contributed by atoms with van der Waals surface area (Å²) in [6.45, 7) is 5.87. The molecule has 0 radical (unpaired) electrons. The highest BCUT2D eigenvalue weighted by Crippen LogP contribution is 2.33. The van der Waals surface area contributed by atoms with E-state index in [0.29, 0.717) is 22.5 Å². The van der Waals surface area contributed by atoms with E-state index in [1.165, 1.54) is 12.1 Å². The topological polar surface area (TPSA) is 42.4 Å². The zero-order valence-corrected chi connectivity index (χ0v) is 14.0. The van der Waals surface area contributed by atoms with Gasteiger partial charge in [0, 0.05) is 17.0 Å². The summed E-state index contributed by atoms with van der Waals surface area (Å²) in [5.41, 5.74) is 2.43.